The van der Waals surface area contributed by atoms with Crippen LogP contribution in [0.25, 0.3) is 0 Å². The number of urea groups is 1. The Kier molecular flexibility index (Phi) is 7.92. The monoisotopic (exact) mass is 377 g/mol. The third-order valence-corrected chi connectivity index (χ3v) is 5.32. The van der Waals surface area contributed by atoms with E-state index in [-0.39, 0.29) is 6.03 Å². The van der Waals surface area contributed by atoms with E-state index in [0.29, 0.717) is 5.92 Å². The molecule has 0 saturated carbocycles. The maximum absolute atomic E-state index is 12.7. The topological polar surface area (TPSA) is 54.0 Å². The number of nitrogens with one attached hydrogen (secondary N) is 1. The highest BCUT2D eigenvalue weighted by Crippen LogP contribution is 2.23. The average molecular weight is 378 g/mol. The smallest absolute Gasteiger partial charge is 0.317 e. The SMILES string of the molecule is COCCN1CCC[C@@H](CN(C)C(=O)NC(C)(C)c2ccc(OC)cc2)C1. The zero-order valence-corrected chi connectivity index (χ0v) is 17.5. The number of carbonyl (C=O) groups is 1. The molecule has 1 aromatic rings. The lowest BCUT2D eigenvalue weighted by Gasteiger charge is -2.36. The van der Waals surface area contributed by atoms with Crippen LogP contribution in [0.1, 0.15) is 32.3 Å². The van der Waals surface area contributed by atoms with E-state index in [4.69, 9.17) is 9.47 Å². The molecule has 1 N–H and O–H groups in total. The second-order valence-corrected chi connectivity index (χ2v) is 7.97. The first-order valence-corrected chi connectivity index (χ1v) is 9.75. The fourth-order valence-electron chi connectivity index (χ4n) is 3.64. The van der Waals surface area contributed by atoms with Gasteiger partial charge in [-0.25, -0.2) is 4.79 Å². The summed E-state index contributed by atoms with van der Waals surface area (Å²) >= 11 is 0. The predicted molar refractivity (Wildman–Crippen MR) is 108 cm³/mol. The van der Waals surface area contributed by atoms with E-state index in [1.807, 2.05) is 50.1 Å². The van der Waals surface area contributed by atoms with Crippen LogP contribution < -0.4 is 10.1 Å². The lowest BCUT2D eigenvalue weighted by molar-refractivity contribution is 0.104. The van der Waals surface area contributed by atoms with E-state index in [2.05, 4.69) is 10.2 Å². The number of hydrogen-bond acceptors (Lipinski definition) is 4. The van der Waals surface area contributed by atoms with Crippen LogP contribution >= 0.6 is 0 Å². The van der Waals surface area contributed by atoms with Crippen molar-refractivity contribution in [3.05, 3.63) is 29.8 Å². The summed E-state index contributed by atoms with van der Waals surface area (Å²) < 4.78 is 10.4. The molecule has 1 atom stereocenters. The normalized spacial score (nSPS) is 18.2. The first-order valence-electron chi connectivity index (χ1n) is 9.75. The third-order valence-electron chi connectivity index (χ3n) is 5.32. The molecule has 2 amide bonds. The van der Waals surface area contributed by atoms with Gasteiger partial charge in [-0.05, 0) is 56.8 Å². The predicted octanol–water partition coefficient (Wildman–Crippen LogP) is 2.93. The van der Waals surface area contributed by atoms with Crippen molar-refractivity contribution in [2.75, 3.05) is 54.1 Å². The number of benzene rings is 1. The number of hydrogen-bond donors (Lipinski definition) is 1. The van der Waals surface area contributed by atoms with Gasteiger partial charge in [0.05, 0.1) is 19.3 Å². The summed E-state index contributed by atoms with van der Waals surface area (Å²) in [6.07, 6.45) is 2.35. The fraction of sp³-hybridized carbons (Fsp3) is 0.667. The van der Waals surface area contributed by atoms with Crippen LogP contribution in [0.2, 0.25) is 0 Å². The lowest BCUT2D eigenvalue weighted by atomic mass is 9.94. The van der Waals surface area contributed by atoms with Crippen LogP contribution in [0.5, 0.6) is 5.75 Å². The van der Waals surface area contributed by atoms with Crippen LogP contribution in [-0.4, -0.2) is 69.9 Å². The molecule has 0 aliphatic carbocycles. The minimum atomic E-state index is -0.450. The first kappa shape index (κ1) is 21.5. The highest BCUT2D eigenvalue weighted by Gasteiger charge is 2.27. The minimum Gasteiger partial charge on any atom is -0.497 e. The molecule has 6 heteroatoms. The molecule has 1 aliphatic rings. The van der Waals surface area contributed by atoms with E-state index < -0.39 is 5.54 Å². The number of carbonyl (C=O) groups excluding carboxylic acids is 1. The van der Waals surface area contributed by atoms with Gasteiger partial charge >= 0.3 is 6.03 Å². The highest BCUT2D eigenvalue weighted by atomic mass is 16.5. The highest BCUT2D eigenvalue weighted by molar-refractivity contribution is 5.75. The van der Waals surface area contributed by atoms with Gasteiger partial charge in [0, 0.05) is 33.8 Å². The maximum Gasteiger partial charge on any atom is 0.317 e. The van der Waals surface area contributed by atoms with Gasteiger partial charge in [0.15, 0.2) is 0 Å². The van der Waals surface area contributed by atoms with Gasteiger partial charge in [0.25, 0.3) is 0 Å². The number of amides is 2. The molecule has 0 radical (unpaired) electrons. The van der Waals surface area contributed by atoms with E-state index in [9.17, 15) is 4.79 Å². The van der Waals surface area contributed by atoms with Gasteiger partial charge < -0.3 is 24.6 Å². The van der Waals surface area contributed by atoms with Gasteiger partial charge in [-0.1, -0.05) is 12.1 Å². The zero-order chi connectivity index (χ0) is 19.9. The van der Waals surface area contributed by atoms with Gasteiger partial charge in [0.1, 0.15) is 5.75 Å². The Morgan fingerprint density at radius 1 is 1.30 bits per heavy atom. The standard InChI is InChI=1S/C21H35N3O3/c1-21(2,18-8-10-19(27-5)11-9-18)22-20(25)23(3)15-17-7-6-12-24(16-17)13-14-26-4/h8-11,17H,6-7,12-16H2,1-5H3,(H,22,25)/t17-/m0/s1. The summed E-state index contributed by atoms with van der Waals surface area (Å²) in [5.41, 5.74) is 0.600. The van der Waals surface area contributed by atoms with Crippen molar-refractivity contribution in [3.8, 4) is 5.75 Å². The van der Waals surface area contributed by atoms with Crippen molar-refractivity contribution >= 4 is 6.03 Å². The molecule has 1 saturated heterocycles. The molecule has 1 fully saturated rings. The molecule has 6 nitrogen and oxygen atoms in total. The molecule has 0 aromatic heterocycles. The van der Waals surface area contributed by atoms with Gasteiger partial charge in [-0.15, -0.1) is 0 Å². The Hall–Kier alpha value is -1.79. The molecule has 2 rings (SSSR count). The molecular weight excluding hydrogens is 342 g/mol. The summed E-state index contributed by atoms with van der Waals surface area (Å²) in [7, 11) is 5.27. The molecule has 27 heavy (non-hydrogen) atoms. The molecular formula is C21H35N3O3. The molecule has 0 spiro atoms. The third kappa shape index (κ3) is 6.40. The van der Waals surface area contributed by atoms with E-state index in [0.717, 1.165) is 44.1 Å². The zero-order valence-electron chi connectivity index (χ0n) is 17.5. The largest absolute Gasteiger partial charge is 0.497 e. The Morgan fingerprint density at radius 3 is 2.63 bits per heavy atom. The number of methoxy groups -OCH3 is 2. The first-order chi connectivity index (χ1) is 12.9. The second kappa shape index (κ2) is 9.95. The van der Waals surface area contributed by atoms with E-state index in [1.165, 1.54) is 12.8 Å². The van der Waals surface area contributed by atoms with Gasteiger partial charge in [0.2, 0.25) is 0 Å². The number of likely N-dealkylation sites (tertiary alicyclic amines) is 1. The molecule has 1 heterocycles. The van der Waals surface area contributed by atoms with Crippen molar-refractivity contribution in [2.24, 2.45) is 5.92 Å². The summed E-state index contributed by atoms with van der Waals surface area (Å²) in [6, 6.07) is 7.79. The lowest BCUT2D eigenvalue weighted by Crippen LogP contribution is -2.49. The van der Waals surface area contributed by atoms with E-state index in [1.54, 1.807) is 14.2 Å². The van der Waals surface area contributed by atoms with Crippen LogP contribution in [0.15, 0.2) is 24.3 Å². The molecule has 152 valence electrons. The second-order valence-electron chi connectivity index (χ2n) is 7.97. The molecule has 1 aromatic carbocycles. The van der Waals surface area contributed by atoms with Crippen molar-refractivity contribution in [1.29, 1.82) is 0 Å². The summed E-state index contributed by atoms with van der Waals surface area (Å²) in [5.74, 6) is 1.32. The van der Waals surface area contributed by atoms with Crippen molar-refractivity contribution in [2.45, 2.75) is 32.2 Å². The van der Waals surface area contributed by atoms with Crippen LogP contribution in [0.4, 0.5) is 4.79 Å². The van der Waals surface area contributed by atoms with Crippen molar-refractivity contribution in [1.82, 2.24) is 15.1 Å². The van der Waals surface area contributed by atoms with E-state index >= 15 is 0 Å². The number of nitrogens with zero attached hydrogens (tertiary/aromatic N) is 2. The van der Waals surface area contributed by atoms with Crippen molar-refractivity contribution in [3.63, 3.8) is 0 Å². The van der Waals surface area contributed by atoms with Crippen LogP contribution in [0.3, 0.4) is 0 Å². The summed E-state index contributed by atoms with van der Waals surface area (Å²) in [5, 5.41) is 3.16. The average Bonchev–Trinajstić information content (AvgIpc) is 2.66. The van der Waals surface area contributed by atoms with Gasteiger partial charge in [-0.2, -0.15) is 0 Å². The maximum atomic E-state index is 12.7. The summed E-state index contributed by atoms with van der Waals surface area (Å²) in [4.78, 5) is 17.0. The van der Waals surface area contributed by atoms with Gasteiger partial charge in [-0.3, -0.25) is 0 Å². The Bertz CT molecular complexity index is 589. The summed E-state index contributed by atoms with van der Waals surface area (Å²) in [6.45, 7) is 8.70. The number of piperidine rings is 1. The Balaban J connectivity index is 1.88. The quantitative estimate of drug-likeness (QED) is 0.757. The number of rotatable bonds is 8. The molecule has 1 aliphatic heterocycles. The Morgan fingerprint density at radius 2 is 2.00 bits per heavy atom. The molecule has 0 unspecified atom stereocenters. The fourth-order valence-corrected chi connectivity index (χ4v) is 3.64. The number of ether oxygens (including phenoxy) is 2. The minimum absolute atomic E-state index is 0.0372. The van der Waals surface area contributed by atoms with Crippen molar-refractivity contribution < 1.29 is 14.3 Å². The van der Waals surface area contributed by atoms with Crippen LogP contribution in [0, 0.1) is 5.92 Å². The molecule has 0 bridgehead atoms. The Labute approximate surface area is 163 Å². The van der Waals surface area contributed by atoms with Crippen LogP contribution in [-0.2, 0) is 10.3 Å².